The summed E-state index contributed by atoms with van der Waals surface area (Å²) in [4.78, 5) is 24.4. The van der Waals surface area contributed by atoms with Crippen molar-refractivity contribution in [2.45, 2.75) is 6.54 Å². The Hall–Kier alpha value is -2.60. The first-order valence-electron chi connectivity index (χ1n) is 6.86. The van der Waals surface area contributed by atoms with Crippen LogP contribution in [0.5, 0.6) is 0 Å². The third-order valence-electron chi connectivity index (χ3n) is 3.56. The number of fused-ring (bicyclic) bond motifs is 1. The van der Waals surface area contributed by atoms with Crippen LogP contribution < -0.4 is 11.0 Å². The van der Waals surface area contributed by atoms with Gasteiger partial charge in [-0.05, 0) is 30.3 Å². The number of carbonyl (C=O) groups is 1. The zero-order valence-corrected chi connectivity index (χ0v) is 13.0. The van der Waals surface area contributed by atoms with Gasteiger partial charge >= 0.3 is 5.69 Å². The normalized spacial score (nSPS) is 10.9. The van der Waals surface area contributed by atoms with Gasteiger partial charge in [0.25, 0.3) is 0 Å². The molecule has 0 saturated heterocycles. The largest absolute Gasteiger partial charge is 0.329 e. The van der Waals surface area contributed by atoms with Crippen LogP contribution in [0.15, 0.2) is 47.3 Å². The summed E-state index contributed by atoms with van der Waals surface area (Å²) in [5, 5.41) is 2.52. The molecule has 3 aromatic rings. The Morgan fingerprint density at radius 1 is 1.22 bits per heavy atom. The minimum absolute atomic E-state index is 0.0786. The molecule has 0 aliphatic carbocycles. The van der Waals surface area contributed by atoms with Crippen molar-refractivity contribution in [3.63, 3.8) is 0 Å². The van der Waals surface area contributed by atoms with Gasteiger partial charge in [-0.2, -0.15) is 0 Å². The molecule has 0 atom stereocenters. The topological polar surface area (TPSA) is 56.0 Å². The van der Waals surface area contributed by atoms with E-state index in [1.165, 1.54) is 27.3 Å². The number of anilines is 1. The van der Waals surface area contributed by atoms with Crippen LogP contribution in [-0.4, -0.2) is 15.0 Å². The maximum atomic E-state index is 13.1. The van der Waals surface area contributed by atoms with E-state index >= 15 is 0 Å². The van der Waals surface area contributed by atoms with E-state index in [-0.39, 0.29) is 17.3 Å². The number of para-hydroxylation sites is 2. The van der Waals surface area contributed by atoms with E-state index in [1.54, 1.807) is 19.2 Å². The van der Waals surface area contributed by atoms with E-state index in [0.29, 0.717) is 11.2 Å². The van der Waals surface area contributed by atoms with Gasteiger partial charge in [-0.25, -0.2) is 9.18 Å². The second-order valence-electron chi connectivity index (χ2n) is 5.09. The highest BCUT2D eigenvalue weighted by Crippen LogP contribution is 2.19. The minimum Gasteiger partial charge on any atom is -0.324 e. The van der Waals surface area contributed by atoms with Gasteiger partial charge in [-0.3, -0.25) is 13.9 Å². The third-order valence-corrected chi connectivity index (χ3v) is 3.85. The van der Waals surface area contributed by atoms with Crippen LogP contribution in [0.1, 0.15) is 0 Å². The molecular weight excluding hydrogens is 321 g/mol. The van der Waals surface area contributed by atoms with Crippen molar-refractivity contribution in [1.82, 2.24) is 9.13 Å². The van der Waals surface area contributed by atoms with Crippen LogP contribution in [0.4, 0.5) is 10.1 Å². The minimum atomic E-state index is -0.560. The first-order valence-corrected chi connectivity index (χ1v) is 7.24. The van der Waals surface area contributed by atoms with Gasteiger partial charge < -0.3 is 5.32 Å². The zero-order valence-electron chi connectivity index (χ0n) is 12.2. The van der Waals surface area contributed by atoms with Crippen molar-refractivity contribution in [2.24, 2.45) is 7.05 Å². The van der Waals surface area contributed by atoms with Crippen molar-refractivity contribution in [3.05, 3.63) is 63.8 Å². The maximum Gasteiger partial charge on any atom is 0.329 e. The van der Waals surface area contributed by atoms with Gasteiger partial charge in [0.2, 0.25) is 5.91 Å². The molecule has 23 heavy (non-hydrogen) atoms. The SMILES string of the molecule is Cn1c(=O)n(CC(=O)Nc2ccc(F)c(Cl)c2)c2ccccc21. The summed E-state index contributed by atoms with van der Waals surface area (Å²) < 4.78 is 16.0. The van der Waals surface area contributed by atoms with Crippen molar-refractivity contribution in [1.29, 1.82) is 0 Å². The first kappa shape index (κ1) is 15.3. The van der Waals surface area contributed by atoms with Crippen LogP contribution in [0, 0.1) is 5.82 Å². The Balaban J connectivity index is 1.87. The number of hydrogen-bond acceptors (Lipinski definition) is 2. The quantitative estimate of drug-likeness (QED) is 0.801. The number of aromatic nitrogens is 2. The molecule has 0 saturated carbocycles. The van der Waals surface area contributed by atoms with Crippen LogP contribution in [0.2, 0.25) is 5.02 Å². The van der Waals surface area contributed by atoms with E-state index in [9.17, 15) is 14.0 Å². The number of aryl methyl sites for hydroxylation is 1. The van der Waals surface area contributed by atoms with Gasteiger partial charge in [0, 0.05) is 12.7 Å². The zero-order chi connectivity index (χ0) is 16.6. The number of halogens is 2. The molecule has 2 aromatic carbocycles. The molecular formula is C16H13ClFN3O2. The molecule has 0 unspecified atom stereocenters. The Morgan fingerprint density at radius 3 is 2.61 bits per heavy atom. The number of rotatable bonds is 3. The van der Waals surface area contributed by atoms with Crippen LogP contribution >= 0.6 is 11.6 Å². The fourth-order valence-electron chi connectivity index (χ4n) is 2.43. The molecule has 1 aromatic heterocycles. The average molecular weight is 334 g/mol. The lowest BCUT2D eigenvalue weighted by Gasteiger charge is -2.07. The lowest BCUT2D eigenvalue weighted by atomic mass is 10.3. The molecule has 0 radical (unpaired) electrons. The van der Waals surface area contributed by atoms with Gasteiger partial charge in [0.15, 0.2) is 0 Å². The van der Waals surface area contributed by atoms with Gasteiger partial charge in [-0.1, -0.05) is 23.7 Å². The Bertz CT molecular complexity index is 962. The second-order valence-corrected chi connectivity index (χ2v) is 5.50. The Kier molecular flexibility index (Phi) is 3.92. The highest BCUT2D eigenvalue weighted by Gasteiger charge is 2.13. The van der Waals surface area contributed by atoms with Gasteiger partial charge in [0.05, 0.1) is 16.1 Å². The highest BCUT2D eigenvalue weighted by molar-refractivity contribution is 6.31. The molecule has 5 nitrogen and oxygen atoms in total. The van der Waals surface area contributed by atoms with E-state index in [0.717, 1.165) is 5.52 Å². The summed E-state index contributed by atoms with van der Waals surface area (Å²) in [5.74, 6) is -0.957. The predicted octanol–water partition coefficient (Wildman–Crippen LogP) is 2.77. The van der Waals surface area contributed by atoms with Crippen LogP contribution in [0.25, 0.3) is 11.0 Å². The summed E-state index contributed by atoms with van der Waals surface area (Å²) in [6.45, 7) is -0.144. The molecule has 1 N–H and O–H groups in total. The fourth-order valence-corrected chi connectivity index (χ4v) is 2.61. The number of carbonyl (C=O) groups excluding carboxylic acids is 1. The molecule has 1 heterocycles. The molecule has 7 heteroatoms. The molecule has 0 spiro atoms. The van der Waals surface area contributed by atoms with E-state index in [1.807, 2.05) is 12.1 Å². The Morgan fingerprint density at radius 2 is 1.91 bits per heavy atom. The molecule has 3 rings (SSSR count). The summed E-state index contributed by atoms with van der Waals surface area (Å²) >= 11 is 5.68. The number of nitrogens with one attached hydrogen (secondary N) is 1. The van der Waals surface area contributed by atoms with Gasteiger partial charge in [-0.15, -0.1) is 0 Å². The fraction of sp³-hybridized carbons (Fsp3) is 0.125. The molecule has 0 aliphatic heterocycles. The first-order chi connectivity index (χ1) is 11.0. The second kappa shape index (κ2) is 5.89. The van der Waals surface area contributed by atoms with Crippen LogP contribution in [0.3, 0.4) is 0 Å². The number of imidazole rings is 1. The summed E-state index contributed by atoms with van der Waals surface area (Å²) in [5.41, 5.74) is 1.51. The van der Waals surface area contributed by atoms with E-state index in [2.05, 4.69) is 5.32 Å². The standard InChI is InChI=1S/C16H13ClFN3O2/c1-20-13-4-2-3-5-14(13)21(16(20)23)9-15(22)19-10-6-7-12(18)11(17)8-10/h2-8H,9H2,1H3,(H,19,22). The van der Waals surface area contributed by atoms with E-state index < -0.39 is 11.7 Å². The number of nitrogens with zero attached hydrogens (tertiary/aromatic N) is 2. The van der Waals surface area contributed by atoms with Crippen molar-refractivity contribution in [3.8, 4) is 0 Å². The van der Waals surface area contributed by atoms with Crippen LogP contribution in [-0.2, 0) is 18.4 Å². The van der Waals surface area contributed by atoms with Crippen molar-refractivity contribution < 1.29 is 9.18 Å². The third kappa shape index (κ3) is 2.85. The average Bonchev–Trinajstić information content (AvgIpc) is 2.76. The lowest BCUT2D eigenvalue weighted by Crippen LogP contribution is -2.28. The number of amides is 1. The molecule has 1 amide bonds. The monoisotopic (exact) mass is 333 g/mol. The molecule has 0 bridgehead atoms. The molecule has 0 fully saturated rings. The molecule has 0 aliphatic rings. The van der Waals surface area contributed by atoms with E-state index in [4.69, 9.17) is 11.6 Å². The summed E-state index contributed by atoms with van der Waals surface area (Å²) in [7, 11) is 1.65. The molecule has 118 valence electrons. The summed E-state index contributed by atoms with van der Waals surface area (Å²) in [6.07, 6.45) is 0. The maximum absolute atomic E-state index is 13.1. The number of benzene rings is 2. The smallest absolute Gasteiger partial charge is 0.324 e. The van der Waals surface area contributed by atoms with Crippen molar-refractivity contribution in [2.75, 3.05) is 5.32 Å². The van der Waals surface area contributed by atoms with Gasteiger partial charge in [0.1, 0.15) is 12.4 Å². The summed E-state index contributed by atoms with van der Waals surface area (Å²) in [6, 6.07) is 11.1. The van der Waals surface area contributed by atoms with Crippen molar-refractivity contribution >= 4 is 34.2 Å². The lowest BCUT2D eigenvalue weighted by molar-refractivity contribution is -0.116. The number of hydrogen-bond donors (Lipinski definition) is 1. The Labute approximate surface area is 135 Å². The highest BCUT2D eigenvalue weighted by atomic mass is 35.5. The predicted molar refractivity (Wildman–Crippen MR) is 87.2 cm³/mol.